The number of esters is 1. The van der Waals surface area contributed by atoms with Gasteiger partial charge < -0.3 is 18.0 Å². The van der Waals surface area contributed by atoms with Crippen LogP contribution in [0.4, 0.5) is 0 Å². The van der Waals surface area contributed by atoms with Crippen molar-refractivity contribution >= 4 is 14.8 Å². The Morgan fingerprint density at radius 3 is 1.76 bits per heavy atom. The Morgan fingerprint density at radius 2 is 1.40 bits per heavy atom. The van der Waals surface area contributed by atoms with Crippen LogP contribution in [0.25, 0.3) is 0 Å². The smallest absolute Gasteiger partial charge is 0.457 e. The van der Waals surface area contributed by atoms with Crippen molar-refractivity contribution in [3.05, 3.63) is 12.2 Å². The number of ether oxygens (including phenoxy) is 1. The highest BCUT2D eigenvalue weighted by atomic mass is 28.4. The average molecular weight is 375 g/mol. The van der Waals surface area contributed by atoms with E-state index in [2.05, 4.69) is 27.4 Å². The summed E-state index contributed by atoms with van der Waals surface area (Å²) in [5.41, 5.74) is 0.378. The fourth-order valence-corrected chi connectivity index (χ4v) is 5.54. The first-order chi connectivity index (χ1) is 11.6. The van der Waals surface area contributed by atoms with Crippen molar-refractivity contribution in [3.8, 4) is 0 Å². The van der Waals surface area contributed by atoms with E-state index in [0.29, 0.717) is 5.57 Å². The van der Waals surface area contributed by atoms with Crippen LogP contribution in [0, 0.1) is 0 Å². The molecule has 0 spiro atoms. The maximum absolute atomic E-state index is 11.8. The second-order valence-corrected chi connectivity index (χ2v) is 9.39. The molecule has 0 aliphatic rings. The van der Waals surface area contributed by atoms with E-state index in [0.717, 1.165) is 25.3 Å². The van der Waals surface area contributed by atoms with Crippen LogP contribution in [0.2, 0.25) is 6.04 Å². The van der Waals surface area contributed by atoms with Gasteiger partial charge >= 0.3 is 14.8 Å². The average Bonchev–Trinajstić information content (AvgIpc) is 2.54. The number of hydrogen-bond donors (Lipinski definition) is 0. The van der Waals surface area contributed by atoms with Gasteiger partial charge in [0, 0.05) is 23.8 Å². The summed E-state index contributed by atoms with van der Waals surface area (Å²) in [7, 11) is -2.88. The molecule has 0 amide bonds. The summed E-state index contributed by atoms with van der Waals surface area (Å²) in [6, 6.07) is 0.743. The molecule has 0 rings (SSSR count). The summed E-state index contributed by atoms with van der Waals surface area (Å²) in [6.07, 6.45) is 2.07. The third-order valence-electron chi connectivity index (χ3n) is 4.14. The summed E-state index contributed by atoms with van der Waals surface area (Å²) in [6.45, 7) is 19.3. The lowest BCUT2D eigenvalue weighted by atomic mass is 10.2. The van der Waals surface area contributed by atoms with Gasteiger partial charge in [-0.25, -0.2) is 4.79 Å². The molecule has 0 fully saturated rings. The van der Waals surface area contributed by atoms with Gasteiger partial charge in [-0.1, -0.05) is 33.8 Å². The first-order valence-electron chi connectivity index (χ1n) is 9.50. The van der Waals surface area contributed by atoms with E-state index in [9.17, 15) is 4.79 Å². The molecular formula is C19H38O5Si. The largest absolute Gasteiger partial charge is 0.501 e. The van der Waals surface area contributed by atoms with E-state index in [4.69, 9.17) is 18.0 Å². The van der Waals surface area contributed by atoms with Crippen molar-refractivity contribution in [2.75, 3.05) is 0 Å². The molecule has 148 valence electrons. The van der Waals surface area contributed by atoms with Crippen molar-refractivity contribution < 1.29 is 22.8 Å². The summed E-state index contributed by atoms with van der Waals surface area (Å²) in [5, 5.41) is 0. The number of hydrogen-bond acceptors (Lipinski definition) is 5. The SMILES string of the molecule is C=C(C)C(=O)OC(C)C(C)O[Si](CCC)(OC(C)CC)OC(C)CC. The quantitative estimate of drug-likeness (QED) is 0.261. The molecule has 0 bridgehead atoms. The molecule has 0 aromatic heterocycles. The Bertz CT molecular complexity index is 401. The lowest BCUT2D eigenvalue weighted by Gasteiger charge is -2.37. The van der Waals surface area contributed by atoms with Crippen LogP contribution < -0.4 is 0 Å². The van der Waals surface area contributed by atoms with Crippen molar-refractivity contribution in [3.63, 3.8) is 0 Å². The Balaban J connectivity index is 5.27. The molecule has 0 aliphatic heterocycles. The topological polar surface area (TPSA) is 54.0 Å². The van der Waals surface area contributed by atoms with Gasteiger partial charge in [0.25, 0.3) is 0 Å². The van der Waals surface area contributed by atoms with Crippen molar-refractivity contribution in [1.29, 1.82) is 0 Å². The number of carbonyl (C=O) groups is 1. The van der Waals surface area contributed by atoms with Crippen LogP contribution in [0.5, 0.6) is 0 Å². The van der Waals surface area contributed by atoms with Crippen LogP contribution in [0.3, 0.4) is 0 Å². The normalized spacial score (nSPS) is 18.7. The Morgan fingerprint density at radius 1 is 0.920 bits per heavy atom. The fourth-order valence-electron chi connectivity index (χ4n) is 2.09. The third kappa shape index (κ3) is 8.99. The molecule has 0 saturated heterocycles. The summed E-state index contributed by atoms with van der Waals surface area (Å²) < 4.78 is 24.4. The zero-order chi connectivity index (χ0) is 19.6. The van der Waals surface area contributed by atoms with Crippen molar-refractivity contribution in [1.82, 2.24) is 0 Å². The van der Waals surface area contributed by atoms with Crippen LogP contribution >= 0.6 is 0 Å². The Labute approximate surface area is 155 Å². The van der Waals surface area contributed by atoms with Crippen LogP contribution in [0.15, 0.2) is 12.2 Å². The molecular weight excluding hydrogens is 336 g/mol. The fraction of sp³-hybridized carbons (Fsp3) is 0.842. The van der Waals surface area contributed by atoms with E-state index < -0.39 is 20.9 Å². The standard InChI is InChI=1S/C19H38O5Si/c1-10-13-25(22-15(6)11-2,23-16(7)12-3)24-18(9)17(8)21-19(20)14(4)5/h15-18H,4,10-13H2,1-3,5-9H3. The van der Waals surface area contributed by atoms with Crippen LogP contribution in [-0.4, -0.2) is 39.2 Å². The summed E-state index contributed by atoms with van der Waals surface area (Å²) in [4.78, 5) is 11.8. The highest BCUT2D eigenvalue weighted by Crippen LogP contribution is 2.26. The van der Waals surface area contributed by atoms with E-state index in [1.165, 1.54) is 0 Å². The zero-order valence-electron chi connectivity index (χ0n) is 17.4. The molecule has 4 atom stereocenters. The first kappa shape index (κ1) is 24.3. The molecule has 0 aliphatic carbocycles. The Kier molecular flexibility index (Phi) is 11.5. The summed E-state index contributed by atoms with van der Waals surface area (Å²) in [5.74, 6) is -0.406. The van der Waals surface area contributed by atoms with Gasteiger partial charge in [0.05, 0.1) is 6.10 Å². The van der Waals surface area contributed by atoms with E-state index in [-0.39, 0.29) is 18.3 Å². The van der Waals surface area contributed by atoms with Gasteiger partial charge in [-0.2, -0.15) is 0 Å². The molecule has 0 aromatic rings. The van der Waals surface area contributed by atoms with E-state index in [1.807, 2.05) is 27.7 Å². The van der Waals surface area contributed by atoms with Gasteiger partial charge in [-0.05, 0) is 47.5 Å². The lowest BCUT2D eigenvalue weighted by molar-refractivity contribution is -0.149. The minimum atomic E-state index is -2.88. The highest BCUT2D eigenvalue weighted by Gasteiger charge is 2.45. The van der Waals surface area contributed by atoms with Gasteiger partial charge in [0.15, 0.2) is 0 Å². The van der Waals surface area contributed by atoms with Gasteiger partial charge in [-0.15, -0.1) is 0 Å². The molecule has 5 nitrogen and oxygen atoms in total. The van der Waals surface area contributed by atoms with E-state index >= 15 is 0 Å². The molecule has 0 saturated carbocycles. The molecule has 0 N–H and O–H groups in total. The van der Waals surface area contributed by atoms with Crippen LogP contribution in [0.1, 0.15) is 74.7 Å². The molecule has 6 heteroatoms. The van der Waals surface area contributed by atoms with E-state index in [1.54, 1.807) is 6.92 Å². The van der Waals surface area contributed by atoms with Crippen molar-refractivity contribution in [2.45, 2.75) is 105 Å². The third-order valence-corrected chi connectivity index (χ3v) is 7.50. The second-order valence-electron chi connectivity index (χ2n) is 6.82. The van der Waals surface area contributed by atoms with Gasteiger partial charge in [0.1, 0.15) is 6.10 Å². The molecule has 0 aromatic carbocycles. The Hall–Kier alpha value is -0.693. The minimum Gasteiger partial charge on any atom is -0.457 e. The molecule has 0 heterocycles. The minimum absolute atomic E-state index is 0.0581. The van der Waals surface area contributed by atoms with Gasteiger partial charge in [0.2, 0.25) is 0 Å². The molecule has 25 heavy (non-hydrogen) atoms. The maximum atomic E-state index is 11.8. The maximum Gasteiger partial charge on any atom is 0.501 e. The lowest BCUT2D eigenvalue weighted by Crippen LogP contribution is -2.53. The molecule has 0 radical (unpaired) electrons. The molecule has 4 unspecified atom stereocenters. The number of rotatable bonds is 13. The predicted molar refractivity (Wildman–Crippen MR) is 103 cm³/mol. The van der Waals surface area contributed by atoms with Crippen LogP contribution in [-0.2, 0) is 22.8 Å². The predicted octanol–water partition coefficient (Wildman–Crippen LogP) is 4.88. The monoisotopic (exact) mass is 374 g/mol. The highest BCUT2D eigenvalue weighted by molar-refractivity contribution is 6.60. The van der Waals surface area contributed by atoms with Crippen molar-refractivity contribution in [2.24, 2.45) is 0 Å². The summed E-state index contributed by atoms with van der Waals surface area (Å²) >= 11 is 0. The van der Waals surface area contributed by atoms with Gasteiger partial charge in [-0.3, -0.25) is 0 Å². The first-order valence-corrected chi connectivity index (χ1v) is 11.4. The number of carbonyl (C=O) groups excluding carboxylic acids is 1. The second kappa shape index (κ2) is 11.8. The zero-order valence-corrected chi connectivity index (χ0v) is 18.4.